The molecule has 10 heteroatoms. The minimum absolute atomic E-state index is 0.473. The van der Waals surface area contributed by atoms with E-state index < -0.39 is 0 Å². The van der Waals surface area contributed by atoms with Crippen molar-refractivity contribution in [3.63, 3.8) is 0 Å². The van der Waals surface area contributed by atoms with Gasteiger partial charge >= 0.3 is 0 Å². The van der Waals surface area contributed by atoms with E-state index >= 15 is 0 Å². The minimum atomic E-state index is 0.473. The Labute approximate surface area is 172 Å². The van der Waals surface area contributed by atoms with Crippen molar-refractivity contribution in [3.05, 3.63) is 22.8 Å². The smallest absolute Gasteiger partial charge is 0.228 e. The molecule has 0 spiro atoms. The van der Waals surface area contributed by atoms with Crippen LogP contribution in [0.25, 0.3) is 11.0 Å². The lowest BCUT2D eigenvalue weighted by atomic mass is 10.3. The van der Waals surface area contributed by atoms with E-state index in [0.717, 1.165) is 30.9 Å². The highest BCUT2D eigenvalue weighted by molar-refractivity contribution is 7.99. The fraction of sp³-hybridized carbons (Fsp3) is 0.444. The third-order valence-corrected chi connectivity index (χ3v) is 5.12. The van der Waals surface area contributed by atoms with Crippen LogP contribution in [0.2, 0.25) is 5.02 Å². The van der Waals surface area contributed by atoms with Gasteiger partial charge in [-0.2, -0.15) is 4.98 Å². The van der Waals surface area contributed by atoms with Crippen molar-refractivity contribution < 1.29 is 9.47 Å². The highest BCUT2D eigenvalue weighted by Gasteiger charge is 2.18. The molecule has 0 aromatic carbocycles. The zero-order valence-electron chi connectivity index (χ0n) is 16.1. The molecule has 8 nitrogen and oxygen atoms in total. The summed E-state index contributed by atoms with van der Waals surface area (Å²) in [5, 5.41) is 14.2. The van der Waals surface area contributed by atoms with Gasteiger partial charge < -0.3 is 19.8 Å². The summed E-state index contributed by atoms with van der Waals surface area (Å²) in [6.07, 6.45) is 1.68. The molecular formula is C18H23ClN6O2S. The van der Waals surface area contributed by atoms with E-state index in [1.54, 1.807) is 7.11 Å². The second-order valence-electron chi connectivity index (χ2n) is 5.87. The number of anilines is 1. The van der Waals surface area contributed by atoms with Crippen LogP contribution in [-0.4, -0.2) is 52.0 Å². The number of fused-ring (bicyclic) bond motifs is 1. The normalized spacial score (nSPS) is 11.1. The first-order chi connectivity index (χ1) is 13.7. The highest BCUT2D eigenvalue weighted by atomic mass is 35.5. The lowest BCUT2D eigenvalue weighted by Crippen LogP contribution is -2.06. The van der Waals surface area contributed by atoms with E-state index in [9.17, 15) is 0 Å². The van der Waals surface area contributed by atoms with Crippen LogP contribution in [0.3, 0.4) is 0 Å². The molecule has 3 aromatic rings. The molecule has 0 aliphatic heterocycles. The van der Waals surface area contributed by atoms with Crippen molar-refractivity contribution in [3.8, 4) is 5.88 Å². The standard InChI is InChI=1S/C18H23ClN6O2S/c1-4-11-15(19)14-16(21-11)22-18(23-17(14)27-5-2)28-13-8-7-12(24-25-13)20-9-6-10-26-3/h7-8H,4-6,9-10H2,1-3H3,(H,20,24)(H,21,22,23). The first-order valence-corrected chi connectivity index (χ1v) is 10.3. The van der Waals surface area contributed by atoms with Crippen LogP contribution in [0, 0.1) is 0 Å². The van der Waals surface area contributed by atoms with Gasteiger partial charge in [0, 0.05) is 26.0 Å². The van der Waals surface area contributed by atoms with Crippen molar-refractivity contribution >= 4 is 40.2 Å². The monoisotopic (exact) mass is 422 g/mol. The van der Waals surface area contributed by atoms with Crippen LogP contribution >= 0.6 is 23.4 Å². The average molecular weight is 423 g/mol. The van der Waals surface area contributed by atoms with Gasteiger partial charge in [-0.05, 0) is 43.7 Å². The van der Waals surface area contributed by atoms with Gasteiger partial charge in [-0.1, -0.05) is 18.5 Å². The molecular weight excluding hydrogens is 400 g/mol. The largest absolute Gasteiger partial charge is 0.477 e. The molecule has 3 aromatic heterocycles. The van der Waals surface area contributed by atoms with Crippen molar-refractivity contribution in [1.29, 1.82) is 0 Å². The lowest BCUT2D eigenvalue weighted by molar-refractivity contribution is 0.197. The van der Waals surface area contributed by atoms with Crippen molar-refractivity contribution in [1.82, 2.24) is 25.1 Å². The van der Waals surface area contributed by atoms with Gasteiger partial charge in [0.1, 0.15) is 16.5 Å². The second-order valence-corrected chi connectivity index (χ2v) is 7.24. The predicted octanol–water partition coefficient (Wildman–Crippen LogP) is 3.96. The van der Waals surface area contributed by atoms with Gasteiger partial charge in [0.2, 0.25) is 5.88 Å². The molecule has 3 rings (SSSR count). The van der Waals surface area contributed by atoms with E-state index in [-0.39, 0.29) is 0 Å². The molecule has 0 radical (unpaired) electrons. The molecule has 0 aliphatic rings. The van der Waals surface area contributed by atoms with Gasteiger partial charge in [0.15, 0.2) is 5.16 Å². The summed E-state index contributed by atoms with van der Waals surface area (Å²) < 4.78 is 10.7. The summed E-state index contributed by atoms with van der Waals surface area (Å²) in [5.74, 6) is 1.19. The predicted molar refractivity (Wildman–Crippen MR) is 111 cm³/mol. The van der Waals surface area contributed by atoms with Crippen LogP contribution in [0.5, 0.6) is 5.88 Å². The van der Waals surface area contributed by atoms with Crippen LogP contribution in [0.1, 0.15) is 26.0 Å². The Bertz CT molecular complexity index is 919. The minimum Gasteiger partial charge on any atom is -0.477 e. The third-order valence-electron chi connectivity index (χ3n) is 3.91. The number of nitrogens with zero attached hydrogens (tertiary/aromatic N) is 4. The Morgan fingerprint density at radius 1 is 1.21 bits per heavy atom. The number of ether oxygens (including phenoxy) is 2. The molecule has 0 saturated heterocycles. The van der Waals surface area contributed by atoms with Crippen molar-refractivity contribution in [2.45, 2.75) is 36.9 Å². The van der Waals surface area contributed by atoms with E-state index in [1.807, 2.05) is 26.0 Å². The van der Waals surface area contributed by atoms with E-state index in [2.05, 4.69) is 30.5 Å². The first-order valence-electron chi connectivity index (χ1n) is 9.11. The Morgan fingerprint density at radius 3 is 2.75 bits per heavy atom. The summed E-state index contributed by atoms with van der Waals surface area (Å²) in [6.45, 7) is 5.91. The molecule has 0 atom stereocenters. The zero-order chi connectivity index (χ0) is 19.9. The van der Waals surface area contributed by atoms with Crippen molar-refractivity contribution in [2.75, 3.05) is 32.2 Å². The van der Waals surface area contributed by atoms with Crippen molar-refractivity contribution in [2.24, 2.45) is 0 Å². The Hall–Kier alpha value is -2.10. The average Bonchev–Trinajstić information content (AvgIpc) is 3.02. The maximum atomic E-state index is 6.45. The number of aromatic nitrogens is 5. The third kappa shape index (κ3) is 4.84. The number of halogens is 1. The first kappa shape index (κ1) is 20.6. The summed E-state index contributed by atoms with van der Waals surface area (Å²) in [4.78, 5) is 12.3. The lowest BCUT2D eigenvalue weighted by Gasteiger charge is -2.07. The molecule has 0 unspecified atom stereocenters. The summed E-state index contributed by atoms with van der Waals surface area (Å²) in [7, 11) is 1.69. The molecule has 28 heavy (non-hydrogen) atoms. The molecule has 0 bridgehead atoms. The topological polar surface area (TPSA) is 97.8 Å². The quantitative estimate of drug-likeness (QED) is 0.374. The van der Waals surface area contributed by atoms with Crippen LogP contribution in [0.4, 0.5) is 5.82 Å². The fourth-order valence-corrected chi connectivity index (χ4v) is 3.60. The maximum Gasteiger partial charge on any atom is 0.228 e. The molecule has 150 valence electrons. The number of hydrogen-bond donors (Lipinski definition) is 2. The summed E-state index contributed by atoms with van der Waals surface area (Å²) in [6, 6.07) is 3.76. The van der Waals surface area contributed by atoms with Crippen LogP contribution < -0.4 is 10.1 Å². The van der Waals surface area contributed by atoms with Gasteiger partial charge in [0.05, 0.1) is 17.0 Å². The molecule has 3 heterocycles. The SMILES string of the molecule is CCOc1nc(Sc2ccc(NCCCOC)nn2)nc2[nH]c(CC)c(Cl)c12. The Kier molecular flexibility index (Phi) is 7.30. The fourth-order valence-electron chi connectivity index (χ4n) is 2.58. The van der Waals surface area contributed by atoms with E-state index in [4.69, 9.17) is 21.1 Å². The molecule has 2 N–H and O–H groups in total. The summed E-state index contributed by atoms with van der Waals surface area (Å²) in [5.41, 5.74) is 1.57. The number of rotatable bonds is 10. The number of aromatic amines is 1. The molecule has 0 fully saturated rings. The molecule has 0 amide bonds. The number of methoxy groups -OCH3 is 1. The van der Waals surface area contributed by atoms with Gasteiger partial charge in [-0.15, -0.1) is 10.2 Å². The molecule has 0 saturated carbocycles. The highest BCUT2D eigenvalue weighted by Crippen LogP contribution is 2.35. The number of nitrogens with one attached hydrogen (secondary N) is 2. The van der Waals surface area contributed by atoms with E-state index in [0.29, 0.717) is 45.3 Å². The van der Waals surface area contributed by atoms with Gasteiger partial charge in [0.25, 0.3) is 0 Å². The Morgan fingerprint density at radius 2 is 2.07 bits per heavy atom. The Balaban J connectivity index is 1.78. The number of hydrogen-bond acceptors (Lipinski definition) is 8. The van der Waals surface area contributed by atoms with E-state index in [1.165, 1.54) is 11.8 Å². The number of aryl methyl sites for hydroxylation is 1. The maximum absolute atomic E-state index is 6.45. The summed E-state index contributed by atoms with van der Waals surface area (Å²) >= 11 is 7.77. The number of H-pyrrole nitrogens is 1. The molecule has 0 aliphatic carbocycles. The zero-order valence-corrected chi connectivity index (χ0v) is 17.7. The second kappa shape index (κ2) is 9.90. The van der Waals surface area contributed by atoms with Gasteiger partial charge in [-0.25, -0.2) is 4.98 Å². The van der Waals surface area contributed by atoms with Gasteiger partial charge in [-0.3, -0.25) is 0 Å². The van der Waals surface area contributed by atoms with Crippen LogP contribution in [0.15, 0.2) is 22.3 Å². The van der Waals surface area contributed by atoms with Crippen LogP contribution in [-0.2, 0) is 11.2 Å².